The molecule has 0 unspecified atom stereocenters. The minimum atomic E-state index is 0.251. The fourth-order valence-electron chi connectivity index (χ4n) is 1.18. The Balaban J connectivity index is 1.97. The first kappa shape index (κ1) is 11.5. The Labute approximate surface area is 103 Å². The van der Waals surface area contributed by atoms with Crippen molar-refractivity contribution in [2.75, 3.05) is 0 Å². The summed E-state index contributed by atoms with van der Waals surface area (Å²) in [5, 5.41) is 0.656. The van der Waals surface area contributed by atoms with Gasteiger partial charge in [0.05, 0.1) is 5.56 Å². The van der Waals surface area contributed by atoms with E-state index in [1.54, 1.807) is 24.3 Å². The van der Waals surface area contributed by atoms with Gasteiger partial charge in [-0.05, 0) is 24.3 Å². The Kier molecular flexibility index (Phi) is 3.67. The van der Waals surface area contributed by atoms with Gasteiger partial charge in [-0.2, -0.15) is 0 Å². The lowest BCUT2D eigenvalue weighted by atomic mass is 10.3. The number of hydrogen-bond donors (Lipinski definition) is 0. The fourth-order valence-corrected chi connectivity index (χ4v) is 1.30. The van der Waals surface area contributed by atoms with Crippen molar-refractivity contribution < 1.29 is 9.53 Å². The average molecular weight is 249 g/mol. The molecular weight excluding hydrogens is 240 g/mol. The second-order valence-electron chi connectivity index (χ2n) is 3.29. The Bertz CT molecular complexity index is 497. The molecule has 1 aromatic carbocycles. The number of carbonyl (C=O) groups excluding carboxylic acids is 1. The first-order valence-corrected chi connectivity index (χ1v) is 5.30. The van der Waals surface area contributed by atoms with Crippen LogP contribution in [-0.4, -0.2) is 16.3 Å². The lowest BCUT2D eigenvalue weighted by Crippen LogP contribution is -2.01. The second kappa shape index (κ2) is 5.41. The molecule has 2 rings (SSSR count). The van der Waals surface area contributed by atoms with Crippen LogP contribution in [0.25, 0.3) is 0 Å². The van der Waals surface area contributed by atoms with Gasteiger partial charge in [-0.25, -0.2) is 9.97 Å². The average Bonchev–Trinajstić information content (AvgIpc) is 2.39. The molecule has 17 heavy (non-hydrogen) atoms. The summed E-state index contributed by atoms with van der Waals surface area (Å²) in [6.07, 6.45) is 3.62. The molecule has 0 saturated carbocycles. The predicted octanol–water partition coefficient (Wildman–Crippen LogP) is 2.52. The van der Waals surface area contributed by atoms with E-state index in [2.05, 4.69) is 9.97 Å². The zero-order valence-electron chi connectivity index (χ0n) is 8.84. The zero-order valence-corrected chi connectivity index (χ0v) is 9.59. The van der Waals surface area contributed by atoms with Gasteiger partial charge in [0.15, 0.2) is 12.1 Å². The maximum atomic E-state index is 10.4. The molecule has 0 atom stereocenters. The number of benzene rings is 1. The zero-order chi connectivity index (χ0) is 12.1. The molecule has 0 aliphatic rings. The Morgan fingerprint density at radius 3 is 2.41 bits per heavy atom. The summed E-state index contributed by atoms with van der Waals surface area (Å²) in [6.45, 7) is 0.251. The highest BCUT2D eigenvalue weighted by Gasteiger charge is 1.99. The molecule has 0 aliphatic carbocycles. The van der Waals surface area contributed by atoms with Gasteiger partial charge in [0.2, 0.25) is 0 Å². The molecule has 0 N–H and O–H groups in total. The highest BCUT2D eigenvalue weighted by Crippen LogP contribution is 2.16. The minimum Gasteiger partial charge on any atom is -0.486 e. The summed E-state index contributed by atoms with van der Waals surface area (Å²) in [5.74, 6) is 1.21. The lowest BCUT2D eigenvalue weighted by molar-refractivity contribution is 0.112. The predicted molar refractivity (Wildman–Crippen MR) is 63.2 cm³/mol. The summed E-state index contributed by atoms with van der Waals surface area (Å²) in [6, 6.07) is 7.02. The van der Waals surface area contributed by atoms with E-state index in [0.717, 1.165) is 0 Å². The molecule has 0 fully saturated rings. The molecule has 0 amide bonds. The van der Waals surface area contributed by atoms with Crippen LogP contribution in [0.15, 0.2) is 36.7 Å². The molecular formula is C12H9ClN2O2. The smallest absolute Gasteiger partial charge is 0.166 e. The van der Waals surface area contributed by atoms with E-state index in [-0.39, 0.29) is 6.61 Å². The standard InChI is InChI=1S/C12H9ClN2O2/c13-10-1-3-11(4-2-10)17-8-12-14-5-9(7-16)6-15-12/h1-7H,8H2. The SMILES string of the molecule is O=Cc1cnc(COc2ccc(Cl)cc2)nc1. The molecule has 0 aliphatic heterocycles. The van der Waals surface area contributed by atoms with E-state index >= 15 is 0 Å². The number of ether oxygens (including phenoxy) is 1. The van der Waals surface area contributed by atoms with Crippen molar-refractivity contribution in [3.63, 3.8) is 0 Å². The number of halogens is 1. The van der Waals surface area contributed by atoms with Crippen LogP contribution in [0.5, 0.6) is 5.75 Å². The molecule has 1 heterocycles. The monoisotopic (exact) mass is 248 g/mol. The fraction of sp³-hybridized carbons (Fsp3) is 0.0833. The van der Waals surface area contributed by atoms with Crippen LogP contribution in [0.4, 0.5) is 0 Å². The highest BCUT2D eigenvalue weighted by atomic mass is 35.5. The molecule has 4 nitrogen and oxygen atoms in total. The van der Waals surface area contributed by atoms with Gasteiger partial charge in [0.25, 0.3) is 0 Å². The number of aromatic nitrogens is 2. The first-order valence-electron chi connectivity index (χ1n) is 4.92. The van der Waals surface area contributed by atoms with Crippen molar-refractivity contribution in [1.29, 1.82) is 0 Å². The summed E-state index contributed by atoms with van der Waals surface area (Å²) < 4.78 is 5.45. The van der Waals surface area contributed by atoms with Gasteiger partial charge in [-0.15, -0.1) is 0 Å². The molecule has 0 saturated heterocycles. The molecule has 5 heteroatoms. The van der Waals surface area contributed by atoms with Gasteiger partial charge < -0.3 is 4.74 Å². The number of aldehydes is 1. The Morgan fingerprint density at radius 2 is 1.82 bits per heavy atom. The van der Waals surface area contributed by atoms with Gasteiger partial charge in [0.1, 0.15) is 12.4 Å². The Morgan fingerprint density at radius 1 is 1.18 bits per heavy atom. The van der Waals surface area contributed by atoms with Crippen LogP contribution < -0.4 is 4.74 Å². The summed E-state index contributed by atoms with van der Waals surface area (Å²) >= 11 is 5.75. The van der Waals surface area contributed by atoms with Crippen LogP contribution in [0.1, 0.15) is 16.2 Å². The van der Waals surface area contributed by atoms with E-state index in [9.17, 15) is 4.79 Å². The van der Waals surface area contributed by atoms with Crippen LogP contribution >= 0.6 is 11.6 Å². The van der Waals surface area contributed by atoms with Crippen molar-refractivity contribution in [3.8, 4) is 5.75 Å². The van der Waals surface area contributed by atoms with Crippen LogP contribution in [0.3, 0.4) is 0 Å². The molecule has 0 bridgehead atoms. The number of carbonyl (C=O) groups is 1. The lowest BCUT2D eigenvalue weighted by Gasteiger charge is -2.04. The van der Waals surface area contributed by atoms with Gasteiger partial charge in [-0.1, -0.05) is 11.6 Å². The minimum absolute atomic E-state index is 0.251. The normalized spacial score (nSPS) is 9.94. The first-order chi connectivity index (χ1) is 8.28. The van der Waals surface area contributed by atoms with E-state index in [0.29, 0.717) is 28.4 Å². The third-order valence-corrected chi connectivity index (χ3v) is 2.29. The van der Waals surface area contributed by atoms with Crippen molar-refractivity contribution in [2.24, 2.45) is 0 Å². The highest BCUT2D eigenvalue weighted by molar-refractivity contribution is 6.30. The largest absolute Gasteiger partial charge is 0.486 e. The molecule has 0 radical (unpaired) electrons. The topological polar surface area (TPSA) is 52.1 Å². The second-order valence-corrected chi connectivity index (χ2v) is 3.73. The number of rotatable bonds is 4. The van der Waals surface area contributed by atoms with Crippen LogP contribution in [0.2, 0.25) is 5.02 Å². The van der Waals surface area contributed by atoms with E-state index in [4.69, 9.17) is 16.3 Å². The van der Waals surface area contributed by atoms with Crippen molar-refractivity contribution in [1.82, 2.24) is 9.97 Å². The van der Waals surface area contributed by atoms with Gasteiger partial charge in [-0.3, -0.25) is 4.79 Å². The third kappa shape index (κ3) is 3.26. The summed E-state index contributed by atoms with van der Waals surface area (Å²) in [7, 11) is 0. The maximum Gasteiger partial charge on any atom is 0.166 e. The van der Waals surface area contributed by atoms with Crippen molar-refractivity contribution in [3.05, 3.63) is 53.1 Å². The number of nitrogens with zero attached hydrogens (tertiary/aromatic N) is 2. The van der Waals surface area contributed by atoms with Crippen LogP contribution in [-0.2, 0) is 6.61 Å². The molecule has 2 aromatic rings. The Hall–Kier alpha value is -1.94. The van der Waals surface area contributed by atoms with Crippen molar-refractivity contribution >= 4 is 17.9 Å². The number of hydrogen-bond acceptors (Lipinski definition) is 4. The summed E-state index contributed by atoms with van der Waals surface area (Å²) in [5.41, 5.74) is 0.445. The summed E-state index contributed by atoms with van der Waals surface area (Å²) in [4.78, 5) is 18.4. The van der Waals surface area contributed by atoms with E-state index < -0.39 is 0 Å². The maximum absolute atomic E-state index is 10.4. The third-order valence-electron chi connectivity index (χ3n) is 2.04. The van der Waals surface area contributed by atoms with E-state index in [1.807, 2.05) is 0 Å². The van der Waals surface area contributed by atoms with Gasteiger partial charge in [0, 0.05) is 17.4 Å². The van der Waals surface area contributed by atoms with E-state index in [1.165, 1.54) is 12.4 Å². The van der Waals surface area contributed by atoms with Gasteiger partial charge >= 0.3 is 0 Å². The molecule has 0 spiro atoms. The van der Waals surface area contributed by atoms with Crippen LogP contribution in [0, 0.1) is 0 Å². The molecule has 86 valence electrons. The quantitative estimate of drug-likeness (QED) is 0.780. The van der Waals surface area contributed by atoms with Crippen molar-refractivity contribution in [2.45, 2.75) is 6.61 Å². The molecule has 1 aromatic heterocycles.